The lowest BCUT2D eigenvalue weighted by molar-refractivity contribution is 0.614. The number of aromatic nitrogens is 1. The summed E-state index contributed by atoms with van der Waals surface area (Å²) in [4.78, 5) is 5.97. The maximum absolute atomic E-state index is 8.53. The Balaban J connectivity index is 2.78. The lowest BCUT2D eigenvalue weighted by Crippen LogP contribution is -2.16. The van der Waals surface area contributed by atoms with Gasteiger partial charge in [-0.3, -0.25) is 0 Å². The fourth-order valence-electron chi connectivity index (χ4n) is 0.541. The van der Waals surface area contributed by atoms with E-state index in [1.165, 1.54) is 11.3 Å². The SMILES string of the molecule is CN(C)c1nc([B]O)cs1. The largest absolute Gasteiger partial charge is 0.449 e. The summed E-state index contributed by atoms with van der Waals surface area (Å²) in [6.45, 7) is 0. The Morgan fingerprint density at radius 3 is 2.70 bits per heavy atom. The van der Waals surface area contributed by atoms with Crippen molar-refractivity contribution in [1.82, 2.24) is 4.98 Å². The third-order valence-corrected chi connectivity index (χ3v) is 2.05. The fourth-order valence-corrected chi connectivity index (χ4v) is 1.25. The normalized spacial score (nSPS) is 9.50. The highest BCUT2D eigenvalue weighted by molar-refractivity contribution is 7.14. The molecular formula is C5H8BN2OS. The summed E-state index contributed by atoms with van der Waals surface area (Å²) < 4.78 is 0. The van der Waals surface area contributed by atoms with Crippen LogP contribution in [0.4, 0.5) is 5.13 Å². The minimum absolute atomic E-state index is 0.619. The number of anilines is 1. The van der Waals surface area contributed by atoms with Gasteiger partial charge < -0.3 is 9.92 Å². The first-order chi connectivity index (χ1) is 4.74. The van der Waals surface area contributed by atoms with E-state index in [4.69, 9.17) is 5.02 Å². The van der Waals surface area contributed by atoms with Crippen molar-refractivity contribution in [3.8, 4) is 0 Å². The minimum Gasteiger partial charge on any atom is -0.449 e. The summed E-state index contributed by atoms with van der Waals surface area (Å²) >= 11 is 1.51. The van der Waals surface area contributed by atoms with E-state index in [0.29, 0.717) is 5.59 Å². The van der Waals surface area contributed by atoms with Crippen molar-refractivity contribution in [2.45, 2.75) is 0 Å². The molecule has 3 nitrogen and oxygen atoms in total. The number of hydrogen-bond acceptors (Lipinski definition) is 4. The second kappa shape index (κ2) is 3.03. The topological polar surface area (TPSA) is 36.4 Å². The molecule has 1 aromatic heterocycles. The van der Waals surface area contributed by atoms with Gasteiger partial charge in [-0.15, -0.1) is 11.3 Å². The van der Waals surface area contributed by atoms with Crippen molar-refractivity contribution >= 4 is 29.5 Å². The average molecular weight is 155 g/mol. The molecule has 53 valence electrons. The van der Waals surface area contributed by atoms with Crippen LogP contribution in [0, 0.1) is 0 Å². The van der Waals surface area contributed by atoms with E-state index in [0.717, 1.165) is 12.6 Å². The van der Waals surface area contributed by atoms with Crippen LogP contribution >= 0.6 is 11.3 Å². The van der Waals surface area contributed by atoms with Crippen molar-refractivity contribution < 1.29 is 5.02 Å². The molecule has 0 aromatic carbocycles. The van der Waals surface area contributed by atoms with Crippen LogP contribution in [0.2, 0.25) is 0 Å². The molecule has 0 aliphatic heterocycles. The highest BCUT2D eigenvalue weighted by atomic mass is 32.1. The zero-order chi connectivity index (χ0) is 7.56. The molecule has 1 heterocycles. The molecule has 0 aliphatic rings. The predicted octanol–water partition coefficient (Wildman–Crippen LogP) is -0.554. The molecular weight excluding hydrogens is 147 g/mol. The molecule has 0 spiro atoms. The van der Waals surface area contributed by atoms with Crippen LogP contribution in [-0.2, 0) is 0 Å². The van der Waals surface area contributed by atoms with Crippen LogP contribution < -0.4 is 10.5 Å². The summed E-state index contributed by atoms with van der Waals surface area (Å²) in [6, 6.07) is 0. The van der Waals surface area contributed by atoms with Gasteiger partial charge in [0.1, 0.15) is 0 Å². The minimum atomic E-state index is 0.619. The maximum Gasteiger partial charge on any atom is 0.349 e. The molecule has 5 heteroatoms. The Kier molecular flexibility index (Phi) is 2.29. The third-order valence-electron chi connectivity index (χ3n) is 1.02. The molecule has 0 amide bonds. The fraction of sp³-hybridized carbons (Fsp3) is 0.400. The summed E-state index contributed by atoms with van der Waals surface area (Å²) in [5.41, 5.74) is 0.619. The standard InChI is InChI=1S/C5H8BN2OS/c1-8(2)5-7-4(6-9)3-10-5/h3,9H,1-2H3. The molecule has 0 atom stereocenters. The van der Waals surface area contributed by atoms with E-state index in [9.17, 15) is 0 Å². The van der Waals surface area contributed by atoms with Gasteiger partial charge in [-0.05, 0) is 0 Å². The van der Waals surface area contributed by atoms with E-state index in [1.807, 2.05) is 19.0 Å². The highest BCUT2D eigenvalue weighted by Crippen LogP contribution is 2.11. The molecule has 0 saturated carbocycles. The Bertz CT molecular complexity index is 213. The van der Waals surface area contributed by atoms with Crippen LogP contribution in [0.3, 0.4) is 0 Å². The van der Waals surface area contributed by atoms with Gasteiger partial charge in [0.15, 0.2) is 5.13 Å². The molecule has 0 fully saturated rings. The predicted molar refractivity (Wildman–Crippen MR) is 44.0 cm³/mol. The number of hydrogen-bond donors (Lipinski definition) is 1. The van der Waals surface area contributed by atoms with Gasteiger partial charge in [-0.1, -0.05) is 0 Å². The van der Waals surface area contributed by atoms with E-state index in [1.54, 1.807) is 5.38 Å². The lowest BCUT2D eigenvalue weighted by Gasteiger charge is -2.04. The van der Waals surface area contributed by atoms with E-state index in [2.05, 4.69) is 4.98 Å². The molecule has 1 radical (unpaired) electrons. The number of nitrogens with zero attached hydrogens (tertiary/aromatic N) is 2. The Hall–Kier alpha value is -0.545. The summed E-state index contributed by atoms with van der Waals surface area (Å²) in [5, 5.41) is 11.2. The molecule has 1 N–H and O–H groups in total. The van der Waals surface area contributed by atoms with Gasteiger partial charge in [0.25, 0.3) is 0 Å². The monoisotopic (exact) mass is 155 g/mol. The number of rotatable bonds is 2. The first kappa shape index (κ1) is 7.56. The first-order valence-corrected chi connectivity index (χ1v) is 3.72. The smallest absolute Gasteiger partial charge is 0.349 e. The Morgan fingerprint density at radius 1 is 1.70 bits per heavy atom. The van der Waals surface area contributed by atoms with E-state index < -0.39 is 0 Å². The van der Waals surface area contributed by atoms with Crippen LogP contribution in [0.25, 0.3) is 0 Å². The van der Waals surface area contributed by atoms with Crippen LogP contribution in [-0.4, -0.2) is 31.6 Å². The van der Waals surface area contributed by atoms with Crippen molar-refractivity contribution in [1.29, 1.82) is 0 Å². The first-order valence-electron chi connectivity index (χ1n) is 2.84. The van der Waals surface area contributed by atoms with Crippen molar-refractivity contribution in [3.63, 3.8) is 0 Å². The summed E-state index contributed by atoms with van der Waals surface area (Å²) in [7, 11) is 4.84. The third kappa shape index (κ3) is 1.49. The van der Waals surface area contributed by atoms with Gasteiger partial charge in [-0.25, -0.2) is 4.98 Å². The Labute approximate surface area is 64.6 Å². The highest BCUT2D eigenvalue weighted by Gasteiger charge is 2.02. The van der Waals surface area contributed by atoms with Crippen molar-refractivity contribution in [2.24, 2.45) is 0 Å². The zero-order valence-corrected chi connectivity index (χ0v) is 6.72. The average Bonchev–Trinajstić information content (AvgIpc) is 2.34. The molecule has 0 saturated heterocycles. The van der Waals surface area contributed by atoms with E-state index >= 15 is 0 Å². The van der Waals surface area contributed by atoms with Gasteiger partial charge in [0.05, 0.1) is 0 Å². The van der Waals surface area contributed by atoms with Gasteiger partial charge in [0, 0.05) is 25.1 Å². The van der Waals surface area contributed by atoms with Crippen molar-refractivity contribution in [2.75, 3.05) is 19.0 Å². The van der Waals surface area contributed by atoms with Crippen LogP contribution in [0.1, 0.15) is 0 Å². The molecule has 1 aromatic rings. The quantitative estimate of drug-likeness (QED) is 0.582. The lowest BCUT2D eigenvalue weighted by atomic mass is 9.98. The second-order valence-electron chi connectivity index (χ2n) is 2.08. The number of thiazole rings is 1. The van der Waals surface area contributed by atoms with Crippen LogP contribution in [0.5, 0.6) is 0 Å². The molecule has 10 heavy (non-hydrogen) atoms. The maximum atomic E-state index is 8.53. The molecule has 1 rings (SSSR count). The molecule has 0 aliphatic carbocycles. The zero-order valence-electron chi connectivity index (χ0n) is 5.90. The Morgan fingerprint density at radius 2 is 2.40 bits per heavy atom. The second-order valence-corrected chi connectivity index (χ2v) is 2.92. The molecule has 0 unspecified atom stereocenters. The van der Waals surface area contributed by atoms with E-state index in [-0.39, 0.29) is 0 Å². The van der Waals surface area contributed by atoms with Gasteiger partial charge in [0.2, 0.25) is 0 Å². The van der Waals surface area contributed by atoms with Crippen molar-refractivity contribution in [3.05, 3.63) is 5.38 Å². The summed E-state index contributed by atoms with van der Waals surface area (Å²) in [5.74, 6) is 0. The van der Waals surface area contributed by atoms with Gasteiger partial charge in [-0.2, -0.15) is 0 Å². The van der Waals surface area contributed by atoms with Crippen LogP contribution in [0.15, 0.2) is 5.38 Å². The summed E-state index contributed by atoms with van der Waals surface area (Å²) in [6.07, 6.45) is 0. The van der Waals surface area contributed by atoms with Gasteiger partial charge >= 0.3 is 7.48 Å². The molecule has 0 bridgehead atoms.